The summed E-state index contributed by atoms with van der Waals surface area (Å²) in [4.78, 5) is 31.3. The average Bonchev–Trinajstić information content (AvgIpc) is 2.83. The molecule has 2 saturated heterocycles. The van der Waals surface area contributed by atoms with Crippen molar-refractivity contribution in [1.29, 1.82) is 0 Å². The standard InChI is InChI=1S/C15H27N5O2/c1-16-14(17-7-5-13(22)19(2)3)20-8-4-6-15(11-20)9-12(21)18-10-15/h4-11H2,1-3H3,(H,16,17)(H,18,21). The Hall–Kier alpha value is -1.79. The SMILES string of the molecule is CN=C(NCCC(=O)N(C)C)N1CCCC2(CNC(=O)C2)C1. The lowest BCUT2D eigenvalue weighted by atomic mass is 9.79. The van der Waals surface area contributed by atoms with E-state index in [1.54, 1.807) is 26.0 Å². The van der Waals surface area contributed by atoms with E-state index < -0.39 is 0 Å². The lowest BCUT2D eigenvalue weighted by Gasteiger charge is -2.40. The molecule has 0 saturated carbocycles. The second kappa shape index (κ2) is 6.98. The van der Waals surface area contributed by atoms with E-state index >= 15 is 0 Å². The van der Waals surface area contributed by atoms with Crippen molar-refractivity contribution in [3.63, 3.8) is 0 Å². The van der Waals surface area contributed by atoms with Gasteiger partial charge in [0.05, 0.1) is 0 Å². The Morgan fingerprint density at radius 2 is 2.27 bits per heavy atom. The van der Waals surface area contributed by atoms with Gasteiger partial charge in [0.25, 0.3) is 0 Å². The Kier molecular flexibility index (Phi) is 5.26. The van der Waals surface area contributed by atoms with Crippen LogP contribution in [0.1, 0.15) is 25.7 Å². The first-order valence-electron chi connectivity index (χ1n) is 7.88. The van der Waals surface area contributed by atoms with Crippen molar-refractivity contribution in [3.8, 4) is 0 Å². The highest BCUT2D eigenvalue weighted by Gasteiger charge is 2.42. The summed E-state index contributed by atoms with van der Waals surface area (Å²) in [5, 5.41) is 6.22. The average molecular weight is 309 g/mol. The molecule has 7 heteroatoms. The van der Waals surface area contributed by atoms with Crippen LogP contribution in [0.2, 0.25) is 0 Å². The smallest absolute Gasteiger partial charge is 0.223 e. The summed E-state index contributed by atoms with van der Waals surface area (Å²) in [7, 11) is 5.28. The minimum Gasteiger partial charge on any atom is -0.356 e. The van der Waals surface area contributed by atoms with Gasteiger partial charge in [-0.25, -0.2) is 0 Å². The van der Waals surface area contributed by atoms with Crippen LogP contribution < -0.4 is 10.6 Å². The monoisotopic (exact) mass is 309 g/mol. The van der Waals surface area contributed by atoms with Gasteiger partial charge in [0.2, 0.25) is 11.8 Å². The van der Waals surface area contributed by atoms with E-state index in [4.69, 9.17) is 0 Å². The second-order valence-corrected chi connectivity index (χ2v) is 6.49. The molecule has 2 amide bonds. The first kappa shape index (κ1) is 16.6. The van der Waals surface area contributed by atoms with E-state index in [1.807, 2.05) is 0 Å². The Bertz CT molecular complexity index is 463. The third-order valence-corrected chi connectivity index (χ3v) is 4.49. The van der Waals surface area contributed by atoms with Gasteiger partial charge in [-0.2, -0.15) is 0 Å². The van der Waals surface area contributed by atoms with Crippen LogP contribution in [0.4, 0.5) is 0 Å². The molecule has 0 aromatic rings. The van der Waals surface area contributed by atoms with Crippen molar-refractivity contribution < 1.29 is 9.59 Å². The molecule has 124 valence electrons. The predicted octanol–water partition coefficient (Wildman–Crippen LogP) is -0.358. The number of nitrogens with zero attached hydrogens (tertiary/aromatic N) is 3. The highest BCUT2D eigenvalue weighted by molar-refractivity contribution is 5.82. The number of rotatable bonds is 3. The van der Waals surface area contributed by atoms with Gasteiger partial charge in [-0.3, -0.25) is 14.6 Å². The van der Waals surface area contributed by atoms with Gasteiger partial charge in [0.1, 0.15) is 0 Å². The van der Waals surface area contributed by atoms with Crippen LogP contribution in [-0.4, -0.2) is 74.9 Å². The van der Waals surface area contributed by atoms with Gasteiger partial charge in [-0.05, 0) is 12.8 Å². The van der Waals surface area contributed by atoms with E-state index in [9.17, 15) is 9.59 Å². The Morgan fingerprint density at radius 1 is 1.50 bits per heavy atom. The van der Waals surface area contributed by atoms with Gasteiger partial charge in [0.15, 0.2) is 5.96 Å². The van der Waals surface area contributed by atoms with Crippen LogP contribution >= 0.6 is 0 Å². The van der Waals surface area contributed by atoms with E-state index in [-0.39, 0.29) is 17.2 Å². The molecule has 0 aliphatic carbocycles. The molecular weight excluding hydrogens is 282 g/mol. The number of guanidine groups is 1. The zero-order valence-electron chi connectivity index (χ0n) is 13.8. The number of nitrogens with one attached hydrogen (secondary N) is 2. The maximum absolute atomic E-state index is 11.6. The lowest BCUT2D eigenvalue weighted by Crippen LogP contribution is -2.51. The van der Waals surface area contributed by atoms with Crippen LogP contribution in [0.5, 0.6) is 0 Å². The van der Waals surface area contributed by atoms with E-state index in [1.165, 1.54) is 0 Å². The number of carbonyl (C=O) groups excluding carboxylic acids is 2. The Labute approximate surface area is 132 Å². The molecule has 2 rings (SSSR count). The number of carbonyl (C=O) groups is 2. The zero-order chi connectivity index (χ0) is 16.2. The van der Waals surface area contributed by atoms with Gasteiger partial charge in [0, 0.05) is 65.6 Å². The third kappa shape index (κ3) is 3.90. The van der Waals surface area contributed by atoms with Crippen molar-refractivity contribution in [2.24, 2.45) is 10.4 Å². The molecule has 2 N–H and O–H groups in total. The van der Waals surface area contributed by atoms with Crippen LogP contribution in [0.15, 0.2) is 4.99 Å². The number of aliphatic imine (C=N–C) groups is 1. The fourth-order valence-electron chi connectivity index (χ4n) is 3.27. The highest BCUT2D eigenvalue weighted by atomic mass is 16.2. The molecule has 2 fully saturated rings. The van der Waals surface area contributed by atoms with Crippen LogP contribution in [-0.2, 0) is 9.59 Å². The van der Waals surface area contributed by atoms with Gasteiger partial charge in [-0.1, -0.05) is 0 Å². The lowest BCUT2D eigenvalue weighted by molar-refractivity contribution is -0.128. The molecule has 7 nitrogen and oxygen atoms in total. The van der Waals surface area contributed by atoms with Gasteiger partial charge in [-0.15, -0.1) is 0 Å². The summed E-state index contributed by atoms with van der Waals surface area (Å²) in [5.41, 5.74) is 0.0480. The largest absolute Gasteiger partial charge is 0.356 e. The first-order valence-corrected chi connectivity index (χ1v) is 7.88. The van der Waals surface area contributed by atoms with Crippen LogP contribution in [0.25, 0.3) is 0 Å². The van der Waals surface area contributed by atoms with E-state index in [2.05, 4.69) is 20.5 Å². The van der Waals surface area contributed by atoms with Crippen molar-refractivity contribution >= 4 is 17.8 Å². The predicted molar refractivity (Wildman–Crippen MR) is 85.5 cm³/mol. The third-order valence-electron chi connectivity index (χ3n) is 4.49. The summed E-state index contributed by atoms with van der Waals surface area (Å²) in [6.07, 6.45) is 3.20. The van der Waals surface area contributed by atoms with Crippen molar-refractivity contribution in [2.75, 3.05) is 47.3 Å². The highest BCUT2D eigenvalue weighted by Crippen LogP contribution is 2.35. The number of piperidine rings is 1. The van der Waals surface area contributed by atoms with Gasteiger partial charge < -0.3 is 20.4 Å². The summed E-state index contributed by atoms with van der Waals surface area (Å²) < 4.78 is 0. The molecule has 0 aromatic heterocycles. The molecule has 22 heavy (non-hydrogen) atoms. The Balaban J connectivity index is 1.88. The normalized spacial score (nSPS) is 25.3. The van der Waals surface area contributed by atoms with Crippen molar-refractivity contribution in [1.82, 2.24) is 20.4 Å². The zero-order valence-corrected chi connectivity index (χ0v) is 13.8. The molecule has 2 heterocycles. The first-order chi connectivity index (χ1) is 10.5. The topological polar surface area (TPSA) is 77.0 Å². The summed E-state index contributed by atoms with van der Waals surface area (Å²) in [6.45, 7) is 3.12. The maximum atomic E-state index is 11.6. The summed E-state index contributed by atoms with van der Waals surface area (Å²) in [6, 6.07) is 0. The molecule has 0 aromatic carbocycles. The minimum atomic E-state index is 0.0480. The molecule has 1 unspecified atom stereocenters. The van der Waals surface area contributed by atoms with Crippen LogP contribution in [0, 0.1) is 5.41 Å². The minimum absolute atomic E-state index is 0.0480. The number of hydrogen-bond donors (Lipinski definition) is 2. The van der Waals surface area contributed by atoms with Crippen molar-refractivity contribution in [3.05, 3.63) is 0 Å². The number of hydrogen-bond acceptors (Lipinski definition) is 3. The fraction of sp³-hybridized carbons (Fsp3) is 0.800. The summed E-state index contributed by atoms with van der Waals surface area (Å²) in [5.74, 6) is 1.08. The van der Waals surface area contributed by atoms with Crippen molar-refractivity contribution in [2.45, 2.75) is 25.7 Å². The fourth-order valence-corrected chi connectivity index (χ4v) is 3.27. The molecule has 0 bridgehead atoms. The molecule has 0 radical (unpaired) electrons. The molecule has 1 spiro atoms. The molecule has 1 atom stereocenters. The second-order valence-electron chi connectivity index (χ2n) is 6.49. The molecular formula is C15H27N5O2. The Morgan fingerprint density at radius 3 is 2.86 bits per heavy atom. The quantitative estimate of drug-likeness (QED) is 0.551. The van der Waals surface area contributed by atoms with E-state index in [0.29, 0.717) is 19.4 Å². The maximum Gasteiger partial charge on any atom is 0.223 e. The number of amides is 2. The summed E-state index contributed by atoms with van der Waals surface area (Å²) >= 11 is 0. The van der Waals surface area contributed by atoms with E-state index in [0.717, 1.165) is 38.4 Å². The van der Waals surface area contributed by atoms with Crippen LogP contribution in [0.3, 0.4) is 0 Å². The number of likely N-dealkylation sites (tertiary alicyclic amines) is 1. The molecule has 2 aliphatic heterocycles. The molecule has 2 aliphatic rings. The van der Waals surface area contributed by atoms with Gasteiger partial charge >= 0.3 is 0 Å².